The second kappa shape index (κ2) is 10.3. The average Bonchev–Trinajstić information content (AvgIpc) is 2.14. The Hall–Kier alpha value is -0.780. The molecule has 0 bridgehead atoms. The van der Waals surface area contributed by atoms with Crippen LogP contribution in [0.3, 0.4) is 0 Å². The van der Waals surface area contributed by atoms with Gasteiger partial charge >= 0.3 is 0 Å². The SMILES string of the molecule is C=C(C)/C(C)=C(C)/C=C\CC.CCC. The summed E-state index contributed by atoms with van der Waals surface area (Å²) >= 11 is 0. The molecule has 0 spiro atoms. The molecule has 0 heteroatoms. The lowest BCUT2D eigenvalue weighted by molar-refractivity contribution is 1.09. The molecule has 0 heterocycles. The fourth-order valence-corrected chi connectivity index (χ4v) is 0.756. The summed E-state index contributed by atoms with van der Waals surface area (Å²) in [6, 6.07) is 0. The van der Waals surface area contributed by atoms with Gasteiger partial charge in [0.2, 0.25) is 0 Å². The summed E-state index contributed by atoms with van der Waals surface area (Å²) in [5.41, 5.74) is 3.78. The first-order valence-corrected chi connectivity index (χ1v) is 5.51. The molecule has 0 aromatic carbocycles. The Labute approximate surface area is 90.4 Å². The van der Waals surface area contributed by atoms with Crippen LogP contribution < -0.4 is 0 Å². The van der Waals surface area contributed by atoms with Crippen LogP contribution in [-0.2, 0) is 0 Å². The molecule has 14 heavy (non-hydrogen) atoms. The van der Waals surface area contributed by atoms with E-state index in [4.69, 9.17) is 0 Å². The maximum Gasteiger partial charge on any atom is -0.0376 e. The minimum atomic E-state index is 1.10. The molecule has 82 valence electrons. The van der Waals surface area contributed by atoms with E-state index >= 15 is 0 Å². The molecule has 0 aromatic heterocycles. The molecule has 0 aromatic rings. The van der Waals surface area contributed by atoms with Gasteiger partial charge in [0.25, 0.3) is 0 Å². The maximum absolute atomic E-state index is 3.89. The van der Waals surface area contributed by atoms with E-state index in [0.29, 0.717) is 0 Å². The molecule has 0 nitrogen and oxygen atoms in total. The van der Waals surface area contributed by atoms with Crippen molar-refractivity contribution in [2.45, 2.75) is 54.4 Å². The van der Waals surface area contributed by atoms with Crippen LogP contribution >= 0.6 is 0 Å². The molecule has 0 radical (unpaired) electrons. The van der Waals surface area contributed by atoms with Gasteiger partial charge in [-0.15, -0.1) is 0 Å². The molecule has 0 saturated carbocycles. The molecule has 0 amide bonds. The predicted octanol–water partition coefficient (Wildman–Crippen LogP) is 5.28. The van der Waals surface area contributed by atoms with Gasteiger partial charge in [-0.25, -0.2) is 0 Å². The standard InChI is InChI=1S/C11H18.C3H8/c1-6-7-8-10(4)11(5)9(2)3;1-3-2/h7-8H,2,6H2,1,3-5H3;3H2,1-2H3/b8-7-,11-10+;. The third-order valence-corrected chi connectivity index (χ3v) is 1.84. The topological polar surface area (TPSA) is 0 Å². The summed E-state index contributed by atoms with van der Waals surface area (Å²) in [5.74, 6) is 0. The quantitative estimate of drug-likeness (QED) is 0.536. The van der Waals surface area contributed by atoms with Crippen LogP contribution in [0.25, 0.3) is 0 Å². The first-order valence-electron chi connectivity index (χ1n) is 5.51. The smallest absolute Gasteiger partial charge is 0.0376 e. The molecule has 0 fully saturated rings. The van der Waals surface area contributed by atoms with Crippen LogP contribution in [-0.4, -0.2) is 0 Å². The number of rotatable bonds is 3. The Kier molecular flexibility index (Phi) is 11.5. The van der Waals surface area contributed by atoms with Crippen molar-refractivity contribution in [3.8, 4) is 0 Å². The molecular formula is C14H26. The van der Waals surface area contributed by atoms with Crippen molar-refractivity contribution in [1.82, 2.24) is 0 Å². The Bertz CT molecular complexity index is 204. The van der Waals surface area contributed by atoms with Crippen LogP contribution in [0.2, 0.25) is 0 Å². The fourth-order valence-electron chi connectivity index (χ4n) is 0.756. The normalized spacial score (nSPS) is 11.9. The van der Waals surface area contributed by atoms with Gasteiger partial charge in [0.15, 0.2) is 0 Å². The van der Waals surface area contributed by atoms with E-state index in [0.717, 1.165) is 12.0 Å². The lowest BCUT2D eigenvalue weighted by Crippen LogP contribution is -1.81. The van der Waals surface area contributed by atoms with Crippen LogP contribution in [0.5, 0.6) is 0 Å². The van der Waals surface area contributed by atoms with Crippen molar-refractivity contribution in [1.29, 1.82) is 0 Å². The van der Waals surface area contributed by atoms with Crippen molar-refractivity contribution >= 4 is 0 Å². The summed E-state index contributed by atoms with van der Waals surface area (Å²) in [6.45, 7) is 16.6. The van der Waals surface area contributed by atoms with Gasteiger partial charge in [0.1, 0.15) is 0 Å². The van der Waals surface area contributed by atoms with E-state index in [1.807, 2.05) is 6.92 Å². The third kappa shape index (κ3) is 9.31. The highest BCUT2D eigenvalue weighted by atomic mass is 14.0. The second-order valence-electron chi connectivity index (χ2n) is 3.61. The maximum atomic E-state index is 3.89. The van der Waals surface area contributed by atoms with Crippen LogP contribution in [0.15, 0.2) is 35.5 Å². The highest BCUT2D eigenvalue weighted by Gasteiger charge is 1.92. The van der Waals surface area contributed by atoms with Gasteiger partial charge in [-0.2, -0.15) is 0 Å². The number of hydrogen-bond acceptors (Lipinski definition) is 0. The third-order valence-electron chi connectivity index (χ3n) is 1.84. The largest absolute Gasteiger partial charge is 0.0958 e. The molecule has 0 N–H and O–H groups in total. The lowest BCUT2D eigenvalue weighted by atomic mass is 10.1. The zero-order chi connectivity index (χ0) is 11.6. The van der Waals surface area contributed by atoms with Crippen LogP contribution in [0, 0.1) is 0 Å². The molecule has 0 aliphatic rings. The highest BCUT2D eigenvalue weighted by molar-refractivity contribution is 5.34. The van der Waals surface area contributed by atoms with Gasteiger partial charge in [0.05, 0.1) is 0 Å². The predicted molar refractivity (Wildman–Crippen MR) is 68.6 cm³/mol. The molecule has 0 atom stereocenters. The van der Waals surface area contributed by atoms with E-state index < -0.39 is 0 Å². The molecular weight excluding hydrogens is 168 g/mol. The van der Waals surface area contributed by atoms with Gasteiger partial charge in [-0.05, 0) is 38.3 Å². The summed E-state index contributed by atoms with van der Waals surface area (Å²) in [5, 5.41) is 0. The van der Waals surface area contributed by atoms with Crippen molar-refractivity contribution in [2.75, 3.05) is 0 Å². The number of allylic oxidation sites excluding steroid dienone is 5. The zero-order valence-corrected chi connectivity index (χ0v) is 10.8. The van der Waals surface area contributed by atoms with Crippen molar-refractivity contribution in [3.05, 3.63) is 35.5 Å². The monoisotopic (exact) mass is 194 g/mol. The summed E-state index contributed by atoms with van der Waals surface area (Å²) in [6.07, 6.45) is 6.67. The minimum Gasteiger partial charge on any atom is -0.0958 e. The Balaban J connectivity index is 0. The summed E-state index contributed by atoms with van der Waals surface area (Å²) < 4.78 is 0. The van der Waals surface area contributed by atoms with E-state index in [9.17, 15) is 0 Å². The average molecular weight is 194 g/mol. The Morgan fingerprint density at radius 2 is 1.50 bits per heavy atom. The van der Waals surface area contributed by atoms with E-state index in [-0.39, 0.29) is 0 Å². The Morgan fingerprint density at radius 3 is 1.79 bits per heavy atom. The van der Waals surface area contributed by atoms with Gasteiger partial charge in [0, 0.05) is 0 Å². The summed E-state index contributed by atoms with van der Waals surface area (Å²) in [7, 11) is 0. The zero-order valence-electron chi connectivity index (χ0n) is 10.8. The number of hydrogen-bond donors (Lipinski definition) is 0. The minimum absolute atomic E-state index is 1.10. The van der Waals surface area contributed by atoms with Crippen LogP contribution in [0.1, 0.15) is 54.4 Å². The van der Waals surface area contributed by atoms with Gasteiger partial charge in [-0.1, -0.05) is 51.5 Å². The van der Waals surface area contributed by atoms with E-state index in [2.05, 4.69) is 53.3 Å². The highest BCUT2D eigenvalue weighted by Crippen LogP contribution is 2.12. The second-order valence-corrected chi connectivity index (χ2v) is 3.61. The van der Waals surface area contributed by atoms with Gasteiger partial charge < -0.3 is 0 Å². The first kappa shape index (κ1) is 15.7. The molecule has 0 aliphatic heterocycles. The van der Waals surface area contributed by atoms with Crippen molar-refractivity contribution < 1.29 is 0 Å². The lowest BCUT2D eigenvalue weighted by Gasteiger charge is -2.01. The first-order chi connectivity index (χ1) is 6.51. The van der Waals surface area contributed by atoms with Crippen molar-refractivity contribution in [2.24, 2.45) is 0 Å². The molecule has 0 rings (SSSR count). The van der Waals surface area contributed by atoms with Crippen molar-refractivity contribution in [3.63, 3.8) is 0 Å². The molecule has 0 saturated heterocycles. The van der Waals surface area contributed by atoms with E-state index in [1.54, 1.807) is 0 Å². The van der Waals surface area contributed by atoms with E-state index in [1.165, 1.54) is 17.6 Å². The summed E-state index contributed by atoms with van der Waals surface area (Å²) in [4.78, 5) is 0. The fraction of sp³-hybridized carbons (Fsp3) is 0.571. The molecule has 0 unspecified atom stereocenters. The van der Waals surface area contributed by atoms with Crippen LogP contribution in [0.4, 0.5) is 0 Å². The molecule has 0 aliphatic carbocycles. The van der Waals surface area contributed by atoms with Gasteiger partial charge in [-0.3, -0.25) is 0 Å². The Morgan fingerprint density at radius 1 is 1.07 bits per heavy atom.